The van der Waals surface area contributed by atoms with Gasteiger partial charge in [-0.05, 0) is 49.9 Å². The van der Waals surface area contributed by atoms with E-state index in [9.17, 15) is 14.4 Å². The lowest BCUT2D eigenvalue weighted by atomic mass is 9.86. The Labute approximate surface area is 210 Å². The Morgan fingerprint density at radius 2 is 0.914 bits per heavy atom. The number of hydrogen-bond acceptors (Lipinski definition) is 6. The molecule has 0 heterocycles. The number of hydroxylamine groups is 3. The molecule has 6 N–H and O–H groups in total. The molecule has 0 atom stereocenters. The van der Waals surface area contributed by atoms with Crippen LogP contribution in [0.1, 0.15) is 128 Å². The lowest BCUT2D eigenvalue weighted by Gasteiger charge is -2.20. The Hall–Kier alpha value is -1.71. The normalized spacial score (nSPS) is 18.9. The zero-order valence-electron chi connectivity index (χ0n) is 21.4. The van der Waals surface area contributed by atoms with Crippen LogP contribution in [0.2, 0.25) is 0 Å². The van der Waals surface area contributed by atoms with E-state index in [-0.39, 0.29) is 17.7 Å². The maximum absolute atomic E-state index is 10.7. The maximum atomic E-state index is 10.7. The van der Waals surface area contributed by atoms with Crippen molar-refractivity contribution in [2.45, 2.75) is 128 Å². The molecule has 3 aliphatic carbocycles. The van der Waals surface area contributed by atoms with Gasteiger partial charge in [-0.3, -0.25) is 30.0 Å². The molecule has 0 spiro atoms. The summed E-state index contributed by atoms with van der Waals surface area (Å²) in [6.45, 7) is 0. The number of hydrogen-bond donors (Lipinski definition) is 6. The summed E-state index contributed by atoms with van der Waals surface area (Å²) in [5.74, 6) is 1.33. The molecule has 0 aromatic rings. The van der Waals surface area contributed by atoms with Crippen molar-refractivity contribution in [1.82, 2.24) is 16.4 Å². The van der Waals surface area contributed by atoms with Gasteiger partial charge in [0.15, 0.2) is 0 Å². The fourth-order valence-electron chi connectivity index (χ4n) is 5.47. The van der Waals surface area contributed by atoms with Gasteiger partial charge in [0.1, 0.15) is 0 Å². The first kappa shape index (κ1) is 31.3. The van der Waals surface area contributed by atoms with Crippen LogP contribution in [-0.2, 0) is 14.4 Å². The van der Waals surface area contributed by atoms with Crippen LogP contribution in [0.5, 0.6) is 0 Å². The van der Waals surface area contributed by atoms with Gasteiger partial charge < -0.3 is 0 Å². The molecule has 3 saturated carbocycles. The van der Waals surface area contributed by atoms with E-state index < -0.39 is 0 Å². The Kier molecular flexibility index (Phi) is 18.3. The minimum atomic E-state index is -0.254. The quantitative estimate of drug-likeness (QED) is 0.190. The third kappa shape index (κ3) is 16.6. The van der Waals surface area contributed by atoms with Crippen molar-refractivity contribution < 1.29 is 30.0 Å². The van der Waals surface area contributed by atoms with E-state index in [1.807, 2.05) is 0 Å². The predicted molar refractivity (Wildman–Crippen MR) is 133 cm³/mol. The van der Waals surface area contributed by atoms with Crippen LogP contribution >= 0.6 is 0 Å². The average Bonchev–Trinajstić information content (AvgIpc) is 3.43. The van der Waals surface area contributed by atoms with Crippen molar-refractivity contribution in [2.75, 3.05) is 0 Å². The summed E-state index contributed by atoms with van der Waals surface area (Å²) in [6, 6.07) is 0. The largest absolute Gasteiger partial charge is 0.289 e. The van der Waals surface area contributed by atoms with Gasteiger partial charge in [0, 0.05) is 19.3 Å². The summed E-state index contributed by atoms with van der Waals surface area (Å²) in [4.78, 5) is 32.0. The van der Waals surface area contributed by atoms with Gasteiger partial charge in [0.2, 0.25) is 17.7 Å². The van der Waals surface area contributed by atoms with E-state index >= 15 is 0 Å². The van der Waals surface area contributed by atoms with Crippen molar-refractivity contribution in [3.8, 4) is 0 Å². The van der Waals surface area contributed by atoms with Crippen LogP contribution in [0.3, 0.4) is 0 Å². The van der Waals surface area contributed by atoms with Gasteiger partial charge in [0.05, 0.1) is 0 Å². The zero-order valence-corrected chi connectivity index (χ0v) is 21.4. The highest BCUT2D eigenvalue weighted by molar-refractivity contribution is 5.75. The second kappa shape index (κ2) is 20.5. The van der Waals surface area contributed by atoms with Gasteiger partial charge in [0.25, 0.3) is 0 Å². The van der Waals surface area contributed by atoms with E-state index in [0.717, 1.165) is 43.9 Å². The van der Waals surface area contributed by atoms with Gasteiger partial charge >= 0.3 is 0 Å². The summed E-state index contributed by atoms with van der Waals surface area (Å²) in [7, 11) is 0. The molecule has 3 fully saturated rings. The van der Waals surface area contributed by atoms with Crippen molar-refractivity contribution in [3.63, 3.8) is 0 Å². The molecule has 204 valence electrons. The van der Waals surface area contributed by atoms with Crippen LogP contribution in [0.25, 0.3) is 0 Å². The molecule has 0 bridgehead atoms. The molecular formula is C26H49N3O6. The molecule has 0 radical (unpaired) electrons. The smallest absolute Gasteiger partial charge is 0.243 e. The predicted octanol–water partition coefficient (Wildman–Crippen LogP) is 5.17. The summed E-state index contributed by atoms with van der Waals surface area (Å²) >= 11 is 0. The Morgan fingerprint density at radius 3 is 1.40 bits per heavy atom. The van der Waals surface area contributed by atoms with Crippen molar-refractivity contribution in [1.29, 1.82) is 0 Å². The number of carbonyl (C=O) groups excluding carboxylic acids is 3. The van der Waals surface area contributed by atoms with E-state index in [0.29, 0.717) is 25.2 Å². The standard InChI is InChI=1S/C10H19NO2.2C8H15NO2/c12-10(11-13)8-4-7-9-5-2-1-3-6-9;10-8(9-11)6-5-7-3-1-2-4-7;10-8(9-11)6-7-4-2-1-3-5-7/h9,13H,1-8H2,(H,11,12);2*7,11H,1-6H2,(H,9,10). The van der Waals surface area contributed by atoms with Gasteiger partial charge in [-0.2, -0.15) is 0 Å². The third-order valence-corrected chi connectivity index (χ3v) is 7.57. The van der Waals surface area contributed by atoms with E-state index in [2.05, 4.69) is 0 Å². The van der Waals surface area contributed by atoms with Crippen LogP contribution in [0.4, 0.5) is 0 Å². The third-order valence-electron chi connectivity index (χ3n) is 7.57. The maximum Gasteiger partial charge on any atom is 0.243 e. The molecular weight excluding hydrogens is 450 g/mol. The average molecular weight is 500 g/mol. The Morgan fingerprint density at radius 1 is 0.514 bits per heavy atom. The van der Waals surface area contributed by atoms with E-state index in [1.54, 1.807) is 16.4 Å². The second-order valence-electron chi connectivity index (χ2n) is 10.4. The first-order chi connectivity index (χ1) is 17.0. The molecule has 0 saturated heterocycles. The summed E-state index contributed by atoms with van der Waals surface area (Å²) in [5.41, 5.74) is 4.99. The summed E-state index contributed by atoms with van der Waals surface area (Å²) < 4.78 is 0. The summed E-state index contributed by atoms with van der Waals surface area (Å²) in [5, 5.41) is 24.7. The Bertz CT molecular complexity index is 571. The minimum absolute atomic E-state index is 0.239. The van der Waals surface area contributed by atoms with Gasteiger partial charge in [-0.1, -0.05) is 77.0 Å². The molecule has 0 aromatic carbocycles. The fourth-order valence-corrected chi connectivity index (χ4v) is 5.47. The topological polar surface area (TPSA) is 148 Å². The highest BCUT2D eigenvalue weighted by Crippen LogP contribution is 2.29. The van der Waals surface area contributed by atoms with Crippen LogP contribution in [0, 0.1) is 17.8 Å². The van der Waals surface area contributed by atoms with E-state index in [4.69, 9.17) is 15.6 Å². The molecule has 9 heteroatoms. The molecule has 9 nitrogen and oxygen atoms in total. The molecule has 35 heavy (non-hydrogen) atoms. The summed E-state index contributed by atoms with van der Waals surface area (Å²) in [6.07, 6.45) is 22.4. The minimum Gasteiger partial charge on any atom is -0.289 e. The zero-order chi connectivity index (χ0) is 25.7. The SMILES string of the molecule is O=C(CC1CCCCC1)NO.O=C(CCC1CCCC1)NO.O=C(CCCC1CCCCC1)NO. The number of rotatable bonds is 9. The first-order valence-electron chi connectivity index (χ1n) is 13.8. The van der Waals surface area contributed by atoms with E-state index in [1.165, 1.54) is 77.0 Å². The Balaban J connectivity index is 0.000000264. The number of nitrogens with one attached hydrogen (secondary N) is 3. The number of amides is 3. The van der Waals surface area contributed by atoms with Gasteiger partial charge in [-0.15, -0.1) is 0 Å². The fraction of sp³-hybridized carbons (Fsp3) is 0.885. The van der Waals surface area contributed by atoms with Crippen molar-refractivity contribution in [3.05, 3.63) is 0 Å². The van der Waals surface area contributed by atoms with Gasteiger partial charge in [-0.25, -0.2) is 16.4 Å². The molecule has 0 unspecified atom stereocenters. The second-order valence-corrected chi connectivity index (χ2v) is 10.4. The van der Waals surface area contributed by atoms with Crippen LogP contribution < -0.4 is 16.4 Å². The van der Waals surface area contributed by atoms with Crippen LogP contribution in [0.15, 0.2) is 0 Å². The van der Waals surface area contributed by atoms with Crippen molar-refractivity contribution in [2.24, 2.45) is 17.8 Å². The molecule has 0 aliphatic heterocycles. The lowest BCUT2D eigenvalue weighted by Crippen LogP contribution is -2.22. The number of carbonyl (C=O) groups is 3. The molecule has 3 aliphatic rings. The molecule has 3 rings (SSSR count). The molecule has 0 aromatic heterocycles. The van der Waals surface area contributed by atoms with Crippen LogP contribution in [-0.4, -0.2) is 33.3 Å². The first-order valence-corrected chi connectivity index (χ1v) is 13.8. The molecule has 3 amide bonds. The lowest BCUT2D eigenvalue weighted by molar-refractivity contribution is -0.130. The highest BCUT2D eigenvalue weighted by atomic mass is 16.5. The highest BCUT2D eigenvalue weighted by Gasteiger charge is 2.17. The monoisotopic (exact) mass is 499 g/mol. The van der Waals surface area contributed by atoms with Crippen molar-refractivity contribution >= 4 is 17.7 Å².